The number of amides is 1. The Kier molecular flexibility index (Phi) is 8.13. The van der Waals surface area contributed by atoms with E-state index in [4.69, 9.17) is 25.4 Å². The van der Waals surface area contributed by atoms with Gasteiger partial charge in [-0.1, -0.05) is 38.0 Å². The van der Waals surface area contributed by atoms with E-state index < -0.39 is 18.2 Å². The Morgan fingerprint density at radius 2 is 1.86 bits per heavy atom. The predicted molar refractivity (Wildman–Crippen MR) is 138 cm³/mol. The topological polar surface area (TPSA) is 115 Å². The molecular formula is C28H35N3O5. The van der Waals surface area contributed by atoms with Crippen molar-refractivity contribution < 1.29 is 23.8 Å². The van der Waals surface area contributed by atoms with Gasteiger partial charge >= 0.3 is 12.1 Å². The fourth-order valence-corrected chi connectivity index (χ4v) is 5.22. The highest BCUT2D eigenvalue weighted by molar-refractivity contribution is 6.02. The van der Waals surface area contributed by atoms with E-state index in [9.17, 15) is 9.59 Å². The Morgan fingerprint density at radius 1 is 1.14 bits per heavy atom. The molecule has 2 aromatic carbocycles. The van der Waals surface area contributed by atoms with Crippen molar-refractivity contribution in [1.82, 2.24) is 0 Å². The molecule has 0 spiro atoms. The van der Waals surface area contributed by atoms with Gasteiger partial charge in [0.25, 0.3) is 0 Å². The summed E-state index contributed by atoms with van der Waals surface area (Å²) in [5.41, 5.74) is 7.56. The third-order valence-electron chi connectivity index (χ3n) is 7.03. The number of benzene rings is 2. The summed E-state index contributed by atoms with van der Waals surface area (Å²) in [6.07, 6.45) is 6.66. The lowest BCUT2D eigenvalue weighted by Gasteiger charge is -2.28. The molecule has 192 valence electrons. The third kappa shape index (κ3) is 5.98. The van der Waals surface area contributed by atoms with Gasteiger partial charge in [-0.15, -0.1) is 0 Å². The molecule has 1 aliphatic carbocycles. The largest absolute Gasteiger partial charge is 0.490 e. The molecule has 1 unspecified atom stereocenters. The number of amidine groups is 1. The van der Waals surface area contributed by atoms with Crippen LogP contribution >= 0.6 is 0 Å². The fourth-order valence-electron chi connectivity index (χ4n) is 5.22. The van der Waals surface area contributed by atoms with E-state index in [0.717, 1.165) is 11.7 Å². The molecular weight excluding hydrogens is 458 g/mol. The Balaban J connectivity index is 1.36. The van der Waals surface area contributed by atoms with E-state index in [1.54, 1.807) is 18.2 Å². The minimum absolute atomic E-state index is 0.0651. The lowest BCUT2D eigenvalue weighted by molar-refractivity contribution is -0.131. The van der Waals surface area contributed by atoms with Gasteiger partial charge in [-0.3, -0.25) is 15.1 Å². The first kappa shape index (κ1) is 25.5. The smallest absolute Gasteiger partial charge is 0.415 e. The third-order valence-corrected chi connectivity index (χ3v) is 7.03. The first-order valence-electron chi connectivity index (χ1n) is 12.7. The molecule has 1 saturated carbocycles. The quantitative estimate of drug-likeness (QED) is 0.210. The average Bonchev–Trinajstić information content (AvgIpc) is 3.23. The molecule has 1 heterocycles. The van der Waals surface area contributed by atoms with Crippen molar-refractivity contribution in [2.45, 2.75) is 64.4 Å². The SMILES string of the molecule is CCCC1CCC(c2ccc(OCC3CN(c4cccc(C(=N)N)c4OC(C)=O)C(=O)O3)cc2)CC1. The van der Waals surface area contributed by atoms with Gasteiger partial charge in [-0.25, -0.2) is 4.79 Å². The van der Waals surface area contributed by atoms with E-state index in [1.165, 1.54) is 55.9 Å². The highest BCUT2D eigenvalue weighted by atomic mass is 16.6. The molecule has 3 N–H and O–H groups in total. The average molecular weight is 494 g/mol. The van der Waals surface area contributed by atoms with Crippen molar-refractivity contribution >= 4 is 23.6 Å². The maximum atomic E-state index is 12.6. The second-order valence-electron chi connectivity index (χ2n) is 9.66. The van der Waals surface area contributed by atoms with Crippen molar-refractivity contribution in [3.8, 4) is 11.5 Å². The Labute approximate surface area is 212 Å². The van der Waals surface area contributed by atoms with E-state index in [1.807, 2.05) is 12.1 Å². The molecule has 36 heavy (non-hydrogen) atoms. The molecule has 1 amide bonds. The van der Waals surface area contributed by atoms with Gasteiger partial charge in [0.05, 0.1) is 17.8 Å². The first-order chi connectivity index (χ1) is 17.4. The second kappa shape index (κ2) is 11.5. The minimum Gasteiger partial charge on any atom is -0.490 e. The number of carbonyl (C=O) groups excluding carboxylic acids is 2. The number of ether oxygens (including phenoxy) is 3. The van der Waals surface area contributed by atoms with Gasteiger partial charge in [0.15, 0.2) is 11.9 Å². The summed E-state index contributed by atoms with van der Waals surface area (Å²) < 4.78 is 16.7. The predicted octanol–water partition coefficient (Wildman–Crippen LogP) is 5.37. The number of esters is 1. The monoisotopic (exact) mass is 493 g/mol. The standard InChI is InChI=1S/C28H35N3O5/c1-3-5-19-8-10-20(11-9-19)21-12-14-22(15-13-21)34-17-23-16-31(28(33)36-23)25-7-4-6-24(27(29)30)26(25)35-18(2)32/h4,6-7,12-15,19-20,23H,3,5,8-11,16-17H2,1-2H3,(H3,29,30). The van der Waals surface area contributed by atoms with Crippen LogP contribution in [0.25, 0.3) is 0 Å². The summed E-state index contributed by atoms with van der Waals surface area (Å²) in [4.78, 5) is 25.6. The summed E-state index contributed by atoms with van der Waals surface area (Å²) in [5, 5.41) is 7.78. The van der Waals surface area contributed by atoms with Gasteiger partial charge in [-0.2, -0.15) is 0 Å². The van der Waals surface area contributed by atoms with Crippen molar-refractivity contribution in [2.75, 3.05) is 18.1 Å². The zero-order valence-electron chi connectivity index (χ0n) is 21.0. The number of nitrogens with two attached hydrogens (primary N) is 1. The normalized spacial score (nSPS) is 21.7. The highest BCUT2D eigenvalue weighted by Crippen LogP contribution is 2.38. The van der Waals surface area contributed by atoms with Crippen LogP contribution in [0.1, 0.15) is 69.4 Å². The molecule has 1 saturated heterocycles. The zero-order valence-corrected chi connectivity index (χ0v) is 21.0. The molecule has 0 radical (unpaired) electrons. The van der Waals surface area contributed by atoms with Crippen LogP contribution in [0.3, 0.4) is 0 Å². The number of para-hydroxylation sites is 1. The number of rotatable bonds is 9. The molecule has 0 bridgehead atoms. The van der Waals surface area contributed by atoms with Crippen LogP contribution in [-0.2, 0) is 9.53 Å². The summed E-state index contributed by atoms with van der Waals surface area (Å²) in [7, 11) is 0. The first-order valence-corrected chi connectivity index (χ1v) is 12.7. The van der Waals surface area contributed by atoms with Gasteiger partial charge in [-0.05, 0) is 67.3 Å². The van der Waals surface area contributed by atoms with Crippen LogP contribution in [0.5, 0.6) is 11.5 Å². The maximum Gasteiger partial charge on any atom is 0.415 e. The zero-order chi connectivity index (χ0) is 25.7. The number of hydrogen-bond donors (Lipinski definition) is 2. The van der Waals surface area contributed by atoms with Crippen LogP contribution in [-0.4, -0.2) is 37.2 Å². The molecule has 1 atom stereocenters. The van der Waals surface area contributed by atoms with Crippen LogP contribution in [0.2, 0.25) is 0 Å². The molecule has 2 fully saturated rings. The van der Waals surface area contributed by atoms with Gasteiger partial charge in [0, 0.05) is 6.92 Å². The summed E-state index contributed by atoms with van der Waals surface area (Å²) >= 11 is 0. The number of cyclic esters (lactones) is 1. The van der Waals surface area contributed by atoms with Gasteiger partial charge in [0.1, 0.15) is 18.2 Å². The van der Waals surface area contributed by atoms with Gasteiger partial charge in [0.2, 0.25) is 0 Å². The molecule has 4 rings (SSSR count). The van der Waals surface area contributed by atoms with E-state index in [-0.39, 0.29) is 30.3 Å². The Bertz CT molecular complexity index is 1090. The number of carbonyl (C=O) groups is 2. The lowest BCUT2D eigenvalue weighted by Crippen LogP contribution is -2.28. The van der Waals surface area contributed by atoms with E-state index >= 15 is 0 Å². The maximum absolute atomic E-state index is 12.6. The number of nitrogens with one attached hydrogen (secondary N) is 1. The lowest BCUT2D eigenvalue weighted by atomic mass is 9.77. The second-order valence-corrected chi connectivity index (χ2v) is 9.66. The van der Waals surface area contributed by atoms with Gasteiger partial charge < -0.3 is 19.9 Å². The van der Waals surface area contributed by atoms with E-state index in [2.05, 4.69) is 19.1 Å². The van der Waals surface area contributed by atoms with Crippen LogP contribution in [0.15, 0.2) is 42.5 Å². The summed E-state index contributed by atoms with van der Waals surface area (Å²) in [6.45, 7) is 3.93. The molecule has 1 aliphatic heterocycles. The number of nitrogen functional groups attached to an aromatic ring is 1. The van der Waals surface area contributed by atoms with E-state index in [0.29, 0.717) is 11.6 Å². The highest BCUT2D eigenvalue weighted by Gasteiger charge is 2.35. The fraction of sp³-hybridized carbons (Fsp3) is 0.464. The number of anilines is 1. The number of nitrogens with zero attached hydrogens (tertiary/aromatic N) is 1. The Morgan fingerprint density at radius 3 is 2.50 bits per heavy atom. The summed E-state index contributed by atoms with van der Waals surface area (Å²) in [6, 6.07) is 13.1. The van der Waals surface area contributed by atoms with Crippen molar-refractivity contribution in [3.05, 3.63) is 53.6 Å². The minimum atomic E-state index is -0.577. The molecule has 0 aromatic heterocycles. The molecule has 8 heteroatoms. The summed E-state index contributed by atoms with van der Waals surface area (Å²) in [5.74, 6) is 1.46. The van der Waals surface area contributed by atoms with Crippen LogP contribution in [0.4, 0.5) is 10.5 Å². The van der Waals surface area contributed by atoms with Crippen molar-refractivity contribution in [2.24, 2.45) is 11.7 Å². The van der Waals surface area contributed by atoms with Crippen molar-refractivity contribution in [1.29, 1.82) is 5.41 Å². The number of hydrogen-bond acceptors (Lipinski definition) is 6. The molecule has 8 nitrogen and oxygen atoms in total. The molecule has 2 aromatic rings. The Hall–Kier alpha value is -3.55. The van der Waals surface area contributed by atoms with Crippen molar-refractivity contribution in [3.63, 3.8) is 0 Å². The molecule has 2 aliphatic rings. The van der Waals surface area contributed by atoms with Crippen LogP contribution < -0.4 is 20.1 Å². The van der Waals surface area contributed by atoms with Crippen LogP contribution in [0, 0.1) is 11.3 Å².